The average Bonchev–Trinajstić information content (AvgIpc) is 3.09. The molecule has 1 aromatic heterocycles. The van der Waals surface area contributed by atoms with Gasteiger partial charge >= 0.3 is 0 Å². The first-order valence-electron chi connectivity index (χ1n) is 7.06. The summed E-state index contributed by atoms with van der Waals surface area (Å²) in [5.74, 6) is 0.473. The molecule has 124 valence electrons. The molecule has 2 aromatic carbocycles. The largest absolute Gasteiger partial charge is 0.398 e. The van der Waals surface area contributed by atoms with Crippen LogP contribution in [0.2, 0.25) is 0 Å². The molecule has 0 spiro atoms. The second kappa shape index (κ2) is 6.02. The predicted molar refractivity (Wildman–Crippen MR) is 90.3 cm³/mol. The summed E-state index contributed by atoms with van der Waals surface area (Å²) in [4.78, 5) is 0.242. The minimum Gasteiger partial charge on any atom is -0.398 e. The summed E-state index contributed by atoms with van der Waals surface area (Å²) in [6.07, 6.45) is 0. The van der Waals surface area contributed by atoms with Crippen molar-refractivity contribution in [3.05, 3.63) is 42.5 Å². The van der Waals surface area contributed by atoms with E-state index in [2.05, 4.69) is 20.6 Å². The molecule has 0 radical (unpaired) electrons. The van der Waals surface area contributed by atoms with Crippen molar-refractivity contribution >= 4 is 15.7 Å². The highest BCUT2D eigenvalue weighted by atomic mass is 32.2. The van der Waals surface area contributed by atoms with Crippen molar-refractivity contribution in [1.82, 2.24) is 24.9 Å². The van der Waals surface area contributed by atoms with Crippen molar-refractivity contribution < 1.29 is 8.42 Å². The molecular formula is C15H16N6O2S. The Labute approximate surface area is 139 Å². The molecule has 3 rings (SSSR count). The van der Waals surface area contributed by atoms with Crippen LogP contribution in [0.4, 0.5) is 5.69 Å². The topological polar surface area (TPSA) is 118 Å². The number of aromatic nitrogens is 4. The zero-order chi connectivity index (χ0) is 17.3. The first kappa shape index (κ1) is 16.1. The maximum atomic E-state index is 12.1. The lowest BCUT2D eigenvalue weighted by Gasteiger charge is -2.12. The first-order valence-corrected chi connectivity index (χ1v) is 8.50. The van der Waals surface area contributed by atoms with Crippen molar-refractivity contribution in [2.75, 3.05) is 19.8 Å². The van der Waals surface area contributed by atoms with Gasteiger partial charge < -0.3 is 5.73 Å². The fraction of sp³-hybridized carbons (Fsp3) is 0.133. The minimum absolute atomic E-state index is 0.242. The van der Waals surface area contributed by atoms with Crippen molar-refractivity contribution in [1.29, 1.82) is 0 Å². The van der Waals surface area contributed by atoms with Crippen LogP contribution in [0.3, 0.4) is 0 Å². The van der Waals surface area contributed by atoms with Gasteiger partial charge in [0.1, 0.15) is 0 Å². The molecule has 1 heterocycles. The molecule has 0 unspecified atom stereocenters. The van der Waals surface area contributed by atoms with E-state index in [-0.39, 0.29) is 4.90 Å². The molecule has 3 aromatic rings. The van der Waals surface area contributed by atoms with E-state index in [1.165, 1.54) is 18.4 Å². The number of nitrogens with zero attached hydrogens (tertiary/aromatic N) is 4. The van der Waals surface area contributed by atoms with Crippen molar-refractivity contribution in [2.45, 2.75) is 4.90 Å². The molecule has 9 heteroatoms. The van der Waals surface area contributed by atoms with Gasteiger partial charge in [-0.3, -0.25) is 0 Å². The Balaban J connectivity index is 2.00. The van der Waals surface area contributed by atoms with Crippen LogP contribution in [-0.4, -0.2) is 47.4 Å². The number of benzene rings is 2. The molecular weight excluding hydrogens is 328 g/mol. The van der Waals surface area contributed by atoms with Gasteiger partial charge in [0.05, 0.1) is 4.90 Å². The standard InChI is InChI=1S/C15H16N6O2S/c1-21(2)24(22,23)12-6-3-10(4-7-12)11-5-8-14(16)13(9-11)15-17-19-20-18-15/h3-9H,16H2,1-2H3,(H,17,18,19,20). The Morgan fingerprint density at radius 1 is 1.04 bits per heavy atom. The molecule has 0 aliphatic carbocycles. The number of H-pyrrole nitrogens is 1. The molecule has 0 aliphatic heterocycles. The lowest BCUT2D eigenvalue weighted by atomic mass is 10.0. The molecule has 3 N–H and O–H groups in total. The fourth-order valence-corrected chi connectivity index (χ4v) is 3.15. The third-order valence-electron chi connectivity index (χ3n) is 3.62. The van der Waals surface area contributed by atoms with Crippen LogP contribution in [-0.2, 0) is 10.0 Å². The second-order valence-electron chi connectivity index (χ2n) is 5.36. The molecule has 0 saturated heterocycles. The van der Waals surface area contributed by atoms with E-state index < -0.39 is 10.0 Å². The van der Waals surface area contributed by atoms with Crippen LogP contribution in [0.25, 0.3) is 22.5 Å². The van der Waals surface area contributed by atoms with E-state index >= 15 is 0 Å². The number of anilines is 1. The maximum absolute atomic E-state index is 12.1. The summed E-state index contributed by atoms with van der Waals surface area (Å²) in [7, 11) is -0.443. The van der Waals surface area contributed by atoms with Gasteiger partial charge in [-0.15, -0.1) is 5.10 Å². The van der Waals surface area contributed by atoms with E-state index in [1.807, 2.05) is 12.1 Å². The summed E-state index contributed by atoms with van der Waals surface area (Å²) in [5.41, 5.74) is 8.94. The van der Waals surface area contributed by atoms with Crippen LogP contribution in [0.1, 0.15) is 0 Å². The molecule has 0 bridgehead atoms. The molecule has 0 fully saturated rings. The highest BCUT2D eigenvalue weighted by Crippen LogP contribution is 2.29. The highest BCUT2D eigenvalue weighted by Gasteiger charge is 2.17. The van der Waals surface area contributed by atoms with Gasteiger partial charge in [0.15, 0.2) is 5.82 Å². The van der Waals surface area contributed by atoms with Crippen LogP contribution in [0.15, 0.2) is 47.4 Å². The number of nitrogens with two attached hydrogens (primary N) is 1. The third kappa shape index (κ3) is 2.86. The summed E-state index contributed by atoms with van der Waals surface area (Å²) in [6.45, 7) is 0. The normalized spacial score (nSPS) is 11.8. The number of nitrogen functional groups attached to an aromatic ring is 1. The Morgan fingerprint density at radius 2 is 1.71 bits per heavy atom. The Bertz CT molecular complexity index is 950. The predicted octanol–water partition coefficient (Wildman–Crippen LogP) is 1.37. The van der Waals surface area contributed by atoms with Gasteiger partial charge in [-0.2, -0.15) is 0 Å². The Morgan fingerprint density at radius 3 is 2.29 bits per heavy atom. The van der Waals surface area contributed by atoms with Gasteiger partial charge in [0, 0.05) is 25.3 Å². The number of hydrogen-bond donors (Lipinski definition) is 2. The maximum Gasteiger partial charge on any atom is 0.242 e. The van der Waals surface area contributed by atoms with Gasteiger partial charge in [0.25, 0.3) is 0 Å². The van der Waals surface area contributed by atoms with Crippen LogP contribution < -0.4 is 5.73 Å². The monoisotopic (exact) mass is 344 g/mol. The van der Waals surface area contributed by atoms with Gasteiger partial charge in [-0.25, -0.2) is 17.8 Å². The smallest absolute Gasteiger partial charge is 0.242 e. The number of hydrogen-bond acceptors (Lipinski definition) is 6. The van der Waals surface area contributed by atoms with Crippen molar-refractivity contribution in [3.8, 4) is 22.5 Å². The molecule has 24 heavy (non-hydrogen) atoms. The van der Waals surface area contributed by atoms with Crippen LogP contribution >= 0.6 is 0 Å². The van der Waals surface area contributed by atoms with E-state index in [0.29, 0.717) is 17.1 Å². The number of tetrazole rings is 1. The van der Waals surface area contributed by atoms with Gasteiger partial charge in [-0.1, -0.05) is 18.2 Å². The number of rotatable bonds is 4. The van der Waals surface area contributed by atoms with Crippen LogP contribution in [0, 0.1) is 0 Å². The molecule has 8 nitrogen and oxygen atoms in total. The van der Waals surface area contributed by atoms with Crippen molar-refractivity contribution in [3.63, 3.8) is 0 Å². The van der Waals surface area contributed by atoms with Gasteiger partial charge in [-0.05, 0) is 45.8 Å². The molecule has 0 saturated carbocycles. The SMILES string of the molecule is CN(C)S(=O)(=O)c1ccc(-c2ccc(N)c(-c3nnn[nH]3)c2)cc1. The summed E-state index contributed by atoms with van der Waals surface area (Å²) in [5, 5.41) is 13.6. The number of aromatic amines is 1. The van der Waals surface area contributed by atoms with Gasteiger partial charge in [0.2, 0.25) is 10.0 Å². The van der Waals surface area contributed by atoms with Crippen molar-refractivity contribution in [2.24, 2.45) is 0 Å². The lowest BCUT2D eigenvalue weighted by molar-refractivity contribution is 0.521. The zero-order valence-corrected chi connectivity index (χ0v) is 13.9. The average molecular weight is 344 g/mol. The van der Waals surface area contributed by atoms with E-state index in [9.17, 15) is 8.42 Å². The first-order chi connectivity index (χ1) is 11.4. The second-order valence-corrected chi connectivity index (χ2v) is 7.52. The Hall–Kier alpha value is -2.78. The summed E-state index contributed by atoms with van der Waals surface area (Å²) in [6, 6.07) is 12.1. The van der Waals surface area contributed by atoms with Crippen LogP contribution in [0.5, 0.6) is 0 Å². The van der Waals surface area contributed by atoms with E-state index in [4.69, 9.17) is 5.73 Å². The minimum atomic E-state index is -3.44. The quantitative estimate of drug-likeness (QED) is 0.690. The van der Waals surface area contributed by atoms with E-state index in [0.717, 1.165) is 11.1 Å². The Kier molecular flexibility index (Phi) is 4.04. The fourth-order valence-electron chi connectivity index (χ4n) is 2.24. The molecule has 0 atom stereocenters. The third-order valence-corrected chi connectivity index (χ3v) is 5.45. The summed E-state index contributed by atoms with van der Waals surface area (Å²) < 4.78 is 25.4. The molecule has 0 amide bonds. The highest BCUT2D eigenvalue weighted by molar-refractivity contribution is 7.89. The zero-order valence-electron chi connectivity index (χ0n) is 13.1. The molecule has 0 aliphatic rings. The summed E-state index contributed by atoms with van der Waals surface area (Å²) >= 11 is 0. The lowest BCUT2D eigenvalue weighted by Crippen LogP contribution is -2.22. The number of sulfonamides is 1. The van der Waals surface area contributed by atoms with E-state index in [1.54, 1.807) is 30.3 Å². The number of nitrogens with one attached hydrogen (secondary N) is 1.